The second-order valence-corrected chi connectivity index (χ2v) is 10.7. The number of halogens is 1. The molecule has 5 rings (SSSR count). The molecule has 2 fully saturated rings. The maximum absolute atomic E-state index is 13.1. The van der Waals surface area contributed by atoms with Gasteiger partial charge in [0.25, 0.3) is 5.91 Å². The van der Waals surface area contributed by atoms with Crippen molar-refractivity contribution >= 4 is 63.7 Å². The summed E-state index contributed by atoms with van der Waals surface area (Å²) in [5, 5.41) is 13.7. The zero-order valence-corrected chi connectivity index (χ0v) is 21.6. The van der Waals surface area contributed by atoms with Crippen LogP contribution in [-0.2, 0) is 23.9 Å². The highest BCUT2D eigenvalue weighted by molar-refractivity contribution is 8.00. The number of pyridine rings is 1. The summed E-state index contributed by atoms with van der Waals surface area (Å²) in [6.07, 6.45) is 3.00. The number of aromatic nitrogens is 1. The number of carbonyl (C=O) groups is 4. The summed E-state index contributed by atoms with van der Waals surface area (Å²) in [6.45, 7) is 2.40. The number of thioether (sulfide) groups is 1. The highest BCUT2D eigenvalue weighted by atomic mass is 35.5. The first-order valence-corrected chi connectivity index (χ1v) is 13.3. The number of fused-ring (bicyclic) bond motifs is 2. The summed E-state index contributed by atoms with van der Waals surface area (Å²) in [5.41, 5.74) is 2.05. The number of carboxylic acids is 1. The molecule has 37 heavy (non-hydrogen) atoms. The van der Waals surface area contributed by atoms with Crippen LogP contribution in [0.3, 0.4) is 0 Å². The lowest BCUT2D eigenvalue weighted by atomic mass is 9.94. The molecule has 0 aliphatic carbocycles. The number of ether oxygens (including phenoxy) is 1. The zero-order valence-electron chi connectivity index (χ0n) is 20.0. The molecule has 2 atom stereocenters. The van der Waals surface area contributed by atoms with Crippen molar-refractivity contribution in [3.8, 4) is 0 Å². The number of nitrogens with zero attached hydrogens (tertiary/aromatic N) is 3. The van der Waals surface area contributed by atoms with Crippen molar-refractivity contribution < 1.29 is 29.0 Å². The molecule has 12 heteroatoms. The third-order valence-corrected chi connectivity index (χ3v) is 8.46. The van der Waals surface area contributed by atoms with E-state index in [9.17, 15) is 24.3 Å². The van der Waals surface area contributed by atoms with Crippen molar-refractivity contribution in [1.82, 2.24) is 15.2 Å². The number of benzene rings is 1. The first-order chi connectivity index (χ1) is 17.7. The number of esters is 1. The number of rotatable bonds is 6. The largest absolute Gasteiger partial charge is 0.477 e. The van der Waals surface area contributed by atoms with E-state index in [0.29, 0.717) is 42.3 Å². The Kier molecular flexibility index (Phi) is 7.00. The van der Waals surface area contributed by atoms with E-state index in [1.807, 2.05) is 24.3 Å². The van der Waals surface area contributed by atoms with Gasteiger partial charge in [-0.1, -0.05) is 11.6 Å². The van der Waals surface area contributed by atoms with Gasteiger partial charge in [-0.3, -0.25) is 24.3 Å². The number of carboxylic acid groups (broad SMARTS) is 1. The molecular weight excluding hydrogens is 520 g/mol. The first-order valence-electron chi connectivity index (χ1n) is 11.9. The molecule has 0 saturated carbocycles. The number of nitrogens with one attached hydrogen (secondary N) is 1. The number of aliphatic carboxylic acids is 1. The van der Waals surface area contributed by atoms with Crippen LogP contribution in [0.2, 0.25) is 5.02 Å². The maximum Gasteiger partial charge on any atom is 0.352 e. The summed E-state index contributed by atoms with van der Waals surface area (Å²) in [4.78, 5) is 56.7. The third-order valence-electron chi connectivity index (χ3n) is 6.89. The number of carbonyl (C=O) groups excluding carboxylic acids is 3. The molecular formula is C25H25ClN4O6S. The molecule has 0 radical (unpaired) electrons. The van der Waals surface area contributed by atoms with Gasteiger partial charge in [0.2, 0.25) is 5.91 Å². The van der Waals surface area contributed by atoms with Gasteiger partial charge in [0.15, 0.2) is 0 Å². The van der Waals surface area contributed by atoms with Gasteiger partial charge in [-0.25, -0.2) is 4.79 Å². The van der Waals surface area contributed by atoms with Crippen molar-refractivity contribution in [2.75, 3.05) is 30.3 Å². The van der Waals surface area contributed by atoms with Gasteiger partial charge in [-0.15, -0.1) is 11.8 Å². The van der Waals surface area contributed by atoms with Crippen molar-refractivity contribution in [3.05, 3.63) is 46.8 Å². The number of piperidine rings is 1. The number of amides is 2. The predicted octanol–water partition coefficient (Wildman–Crippen LogP) is 2.41. The van der Waals surface area contributed by atoms with Gasteiger partial charge in [0.05, 0.1) is 5.52 Å². The molecule has 0 bridgehead atoms. The van der Waals surface area contributed by atoms with Crippen molar-refractivity contribution in [1.29, 1.82) is 0 Å². The fourth-order valence-electron chi connectivity index (χ4n) is 5.02. The van der Waals surface area contributed by atoms with E-state index >= 15 is 0 Å². The van der Waals surface area contributed by atoms with Gasteiger partial charge in [0.1, 0.15) is 23.7 Å². The molecule has 2 aromatic rings. The Balaban J connectivity index is 1.21. The summed E-state index contributed by atoms with van der Waals surface area (Å²) in [6, 6.07) is 6.79. The topological polar surface area (TPSA) is 129 Å². The maximum atomic E-state index is 13.1. The van der Waals surface area contributed by atoms with Gasteiger partial charge in [-0.05, 0) is 37.1 Å². The van der Waals surface area contributed by atoms with Crippen LogP contribution in [0, 0.1) is 5.92 Å². The van der Waals surface area contributed by atoms with Gasteiger partial charge >= 0.3 is 11.9 Å². The number of anilines is 1. The number of hydrogen-bond donors (Lipinski definition) is 2. The Hall–Kier alpha value is -3.31. The second-order valence-electron chi connectivity index (χ2n) is 9.19. The Morgan fingerprint density at radius 2 is 2.00 bits per heavy atom. The Bertz CT molecular complexity index is 1330. The van der Waals surface area contributed by atoms with E-state index < -0.39 is 29.3 Å². The third kappa shape index (κ3) is 4.85. The molecule has 2 unspecified atom stereocenters. The Morgan fingerprint density at radius 3 is 2.70 bits per heavy atom. The fourth-order valence-corrected chi connectivity index (χ4v) is 6.51. The SMILES string of the molecule is CC(=O)OCC1=C(C(=O)O)N2C(=O)C(NC(=O)C3CCN(c4ccnc5cc(Cl)ccc45)CC3)C2SC1. The smallest absolute Gasteiger partial charge is 0.352 e. The van der Waals surface area contributed by atoms with E-state index in [1.54, 1.807) is 6.20 Å². The predicted molar refractivity (Wildman–Crippen MR) is 138 cm³/mol. The molecule has 2 saturated heterocycles. The highest BCUT2D eigenvalue weighted by Crippen LogP contribution is 2.40. The average molecular weight is 545 g/mol. The summed E-state index contributed by atoms with van der Waals surface area (Å²) < 4.78 is 4.95. The molecule has 3 aliphatic rings. The molecule has 1 aromatic heterocycles. The van der Waals surface area contributed by atoms with Crippen LogP contribution in [0.4, 0.5) is 5.69 Å². The molecule has 2 N–H and O–H groups in total. The molecule has 0 spiro atoms. The average Bonchev–Trinajstić information content (AvgIpc) is 2.89. The van der Waals surface area contributed by atoms with Gasteiger partial charge < -0.3 is 20.1 Å². The normalized spacial score (nSPS) is 21.9. The van der Waals surface area contributed by atoms with Crippen molar-refractivity contribution in [2.24, 2.45) is 5.92 Å². The van der Waals surface area contributed by atoms with Gasteiger partial charge in [-0.2, -0.15) is 0 Å². The molecule has 3 aliphatic heterocycles. The molecule has 194 valence electrons. The van der Waals surface area contributed by atoms with E-state index in [2.05, 4.69) is 15.2 Å². The molecule has 2 amide bonds. The minimum atomic E-state index is -1.26. The van der Waals surface area contributed by atoms with Crippen LogP contribution in [-0.4, -0.2) is 75.6 Å². The molecule has 1 aromatic carbocycles. The Morgan fingerprint density at radius 1 is 1.24 bits per heavy atom. The van der Waals surface area contributed by atoms with Crippen LogP contribution in [0.15, 0.2) is 41.7 Å². The quantitative estimate of drug-likeness (QED) is 0.416. The molecule has 4 heterocycles. The van der Waals surface area contributed by atoms with Crippen LogP contribution in [0.25, 0.3) is 10.9 Å². The monoisotopic (exact) mass is 544 g/mol. The lowest BCUT2D eigenvalue weighted by molar-refractivity contribution is -0.151. The van der Waals surface area contributed by atoms with Crippen LogP contribution >= 0.6 is 23.4 Å². The number of β-lactam (4-membered cyclic amide) rings is 1. The van der Waals surface area contributed by atoms with E-state index in [0.717, 1.165) is 16.6 Å². The lowest BCUT2D eigenvalue weighted by Crippen LogP contribution is -2.71. The summed E-state index contributed by atoms with van der Waals surface area (Å²) in [7, 11) is 0. The lowest BCUT2D eigenvalue weighted by Gasteiger charge is -2.49. The highest BCUT2D eigenvalue weighted by Gasteiger charge is 2.54. The van der Waals surface area contributed by atoms with Crippen LogP contribution < -0.4 is 10.2 Å². The van der Waals surface area contributed by atoms with E-state index in [-0.39, 0.29) is 24.1 Å². The first kappa shape index (κ1) is 25.3. The van der Waals surface area contributed by atoms with E-state index in [4.69, 9.17) is 16.3 Å². The zero-order chi connectivity index (χ0) is 26.3. The summed E-state index contributed by atoms with van der Waals surface area (Å²) >= 11 is 7.45. The Labute approximate surface area is 222 Å². The summed E-state index contributed by atoms with van der Waals surface area (Å²) in [5.74, 6) is -2.41. The van der Waals surface area contributed by atoms with Crippen molar-refractivity contribution in [3.63, 3.8) is 0 Å². The minimum Gasteiger partial charge on any atom is -0.477 e. The van der Waals surface area contributed by atoms with Crippen LogP contribution in [0.5, 0.6) is 0 Å². The minimum absolute atomic E-state index is 0.167. The number of hydrogen-bond acceptors (Lipinski definition) is 8. The van der Waals surface area contributed by atoms with E-state index in [1.165, 1.54) is 23.6 Å². The van der Waals surface area contributed by atoms with Crippen LogP contribution in [0.1, 0.15) is 19.8 Å². The standard InChI is InChI=1S/C25H25ClN4O6S/c1-13(31)36-11-15-12-37-24-20(23(33)30(24)21(15)25(34)35)28-22(32)14-5-8-29(9-6-14)19-4-7-27-18-10-16(26)2-3-17(18)19/h2-4,7,10,14,20,24H,5-6,8-9,11-12H2,1H3,(H,28,32)(H,34,35). The fraction of sp³-hybridized carbons (Fsp3) is 0.400. The molecule has 10 nitrogen and oxygen atoms in total. The van der Waals surface area contributed by atoms with Crippen molar-refractivity contribution in [2.45, 2.75) is 31.2 Å². The second kappa shape index (κ2) is 10.2. The van der Waals surface area contributed by atoms with Gasteiger partial charge in [0, 0.05) is 59.6 Å².